The average molecular weight is 355 g/mol. The second-order valence-electron chi connectivity index (χ2n) is 6.75. The van der Waals surface area contributed by atoms with Gasteiger partial charge in [0.25, 0.3) is 10.2 Å². The lowest BCUT2D eigenvalue weighted by molar-refractivity contribution is -0.157. The van der Waals surface area contributed by atoms with Crippen LogP contribution in [0.5, 0.6) is 5.88 Å². The Bertz CT molecular complexity index is 645. The normalized spacial score (nSPS) is 24.0. The minimum Gasteiger partial charge on any atom is -0.478 e. The Labute approximate surface area is 143 Å². The van der Waals surface area contributed by atoms with Crippen LogP contribution in [0.15, 0.2) is 24.4 Å². The minimum atomic E-state index is -3.33. The van der Waals surface area contributed by atoms with E-state index < -0.39 is 10.2 Å². The summed E-state index contributed by atoms with van der Waals surface area (Å²) in [6.07, 6.45) is 4.53. The maximum atomic E-state index is 12.1. The molecule has 0 amide bonds. The maximum Gasteiger partial charge on any atom is 0.281 e. The lowest BCUT2D eigenvalue weighted by Crippen LogP contribution is -2.67. The molecule has 7 nitrogen and oxygen atoms in total. The van der Waals surface area contributed by atoms with Gasteiger partial charge < -0.3 is 9.47 Å². The van der Waals surface area contributed by atoms with Crippen LogP contribution >= 0.6 is 0 Å². The molecule has 0 N–H and O–H groups in total. The first-order chi connectivity index (χ1) is 11.4. The van der Waals surface area contributed by atoms with Gasteiger partial charge in [0.15, 0.2) is 0 Å². The van der Waals surface area contributed by atoms with Gasteiger partial charge in [-0.2, -0.15) is 17.0 Å². The second kappa shape index (κ2) is 6.95. The quantitative estimate of drug-likeness (QED) is 0.765. The molecular formula is C16H25N3O4S. The highest BCUT2D eigenvalue weighted by Crippen LogP contribution is 2.39. The Hall–Kier alpha value is -1.22. The highest BCUT2D eigenvalue weighted by Gasteiger charge is 2.51. The SMILES string of the molecule is CN(C)S(=O)(=O)N1CC2(C[C@@H](CCOc3ccccn3)CCO2)C1. The molecule has 0 aromatic carbocycles. The van der Waals surface area contributed by atoms with E-state index in [0.717, 1.165) is 19.3 Å². The largest absolute Gasteiger partial charge is 0.478 e. The molecule has 1 aromatic heterocycles. The number of hydrogen-bond donors (Lipinski definition) is 0. The zero-order chi connectivity index (χ0) is 17.2. The van der Waals surface area contributed by atoms with Crippen LogP contribution in [0, 0.1) is 5.92 Å². The van der Waals surface area contributed by atoms with E-state index in [0.29, 0.717) is 38.1 Å². The van der Waals surface area contributed by atoms with Crippen molar-refractivity contribution in [2.45, 2.75) is 24.9 Å². The Balaban J connectivity index is 1.47. The molecule has 2 fully saturated rings. The first-order valence-electron chi connectivity index (χ1n) is 8.27. The van der Waals surface area contributed by atoms with Gasteiger partial charge in [-0.15, -0.1) is 0 Å². The van der Waals surface area contributed by atoms with Crippen molar-refractivity contribution in [1.29, 1.82) is 0 Å². The van der Waals surface area contributed by atoms with Crippen molar-refractivity contribution in [2.75, 3.05) is 40.4 Å². The first-order valence-corrected chi connectivity index (χ1v) is 9.66. The van der Waals surface area contributed by atoms with Gasteiger partial charge in [-0.1, -0.05) is 6.07 Å². The molecule has 0 saturated carbocycles. The molecule has 24 heavy (non-hydrogen) atoms. The standard InChI is InChI=1S/C16H25N3O4S/c1-18(2)24(20,21)19-12-16(13-19)11-14(7-10-23-16)6-9-22-15-5-3-4-8-17-15/h3-5,8,14H,6-7,9-13H2,1-2H3/t14-/m0/s1. The van der Waals surface area contributed by atoms with Crippen LogP contribution in [0.4, 0.5) is 0 Å². The van der Waals surface area contributed by atoms with Gasteiger partial charge in [0.05, 0.1) is 12.2 Å². The Kier molecular flexibility index (Phi) is 5.10. The summed E-state index contributed by atoms with van der Waals surface area (Å²) in [5.74, 6) is 1.14. The van der Waals surface area contributed by atoms with Crippen molar-refractivity contribution in [3.05, 3.63) is 24.4 Å². The molecule has 1 spiro atoms. The van der Waals surface area contributed by atoms with Gasteiger partial charge in [-0.3, -0.25) is 0 Å². The Morgan fingerprint density at radius 2 is 2.21 bits per heavy atom. The summed E-state index contributed by atoms with van der Waals surface area (Å²) in [4.78, 5) is 4.15. The van der Waals surface area contributed by atoms with E-state index in [1.54, 1.807) is 20.3 Å². The summed E-state index contributed by atoms with van der Waals surface area (Å²) < 4.78 is 38.6. The zero-order valence-electron chi connectivity index (χ0n) is 14.2. The first kappa shape index (κ1) is 17.6. The molecule has 0 aliphatic carbocycles. The van der Waals surface area contributed by atoms with E-state index >= 15 is 0 Å². The third-order valence-corrected chi connectivity index (χ3v) is 6.56. The fraction of sp³-hybridized carbons (Fsp3) is 0.688. The van der Waals surface area contributed by atoms with Crippen LogP contribution < -0.4 is 4.74 Å². The number of ether oxygens (including phenoxy) is 2. The van der Waals surface area contributed by atoms with E-state index in [1.807, 2.05) is 18.2 Å². The van der Waals surface area contributed by atoms with Crippen LogP contribution in [0.2, 0.25) is 0 Å². The minimum absolute atomic E-state index is 0.309. The molecule has 1 atom stereocenters. The third-order valence-electron chi connectivity index (χ3n) is 4.73. The number of hydrogen-bond acceptors (Lipinski definition) is 5. The molecule has 2 saturated heterocycles. The summed E-state index contributed by atoms with van der Waals surface area (Å²) in [5.41, 5.74) is -0.309. The lowest BCUT2D eigenvalue weighted by atomic mass is 9.80. The summed E-state index contributed by atoms with van der Waals surface area (Å²) >= 11 is 0. The lowest BCUT2D eigenvalue weighted by Gasteiger charge is -2.52. The van der Waals surface area contributed by atoms with Crippen molar-refractivity contribution >= 4 is 10.2 Å². The monoisotopic (exact) mass is 355 g/mol. The summed E-state index contributed by atoms with van der Waals surface area (Å²) in [6, 6.07) is 5.61. The van der Waals surface area contributed by atoms with Gasteiger partial charge in [-0.25, -0.2) is 4.98 Å². The molecule has 1 aromatic rings. The predicted octanol–water partition coefficient (Wildman–Crippen LogP) is 1.14. The van der Waals surface area contributed by atoms with Crippen LogP contribution in [0.25, 0.3) is 0 Å². The number of aromatic nitrogens is 1. The molecule has 8 heteroatoms. The van der Waals surface area contributed by atoms with Crippen LogP contribution in [-0.4, -0.2) is 68.0 Å². The Morgan fingerprint density at radius 1 is 1.42 bits per heavy atom. The highest BCUT2D eigenvalue weighted by atomic mass is 32.2. The molecule has 2 aliphatic heterocycles. The van der Waals surface area contributed by atoms with Crippen molar-refractivity contribution in [3.63, 3.8) is 0 Å². The fourth-order valence-electron chi connectivity index (χ4n) is 3.35. The van der Waals surface area contributed by atoms with Gasteiger partial charge in [0, 0.05) is 46.1 Å². The van der Waals surface area contributed by atoms with E-state index in [9.17, 15) is 8.42 Å². The predicted molar refractivity (Wildman–Crippen MR) is 89.9 cm³/mol. The smallest absolute Gasteiger partial charge is 0.281 e. The van der Waals surface area contributed by atoms with Gasteiger partial charge in [0.2, 0.25) is 5.88 Å². The highest BCUT2D eigenvalue weighted by molar-refractivity contribution is 7.86. The number of pyridine rings is 1. The van der Waals surface area contributed by atoms with E-state index in [4.69, 9.17) is 9.47 Å². The van der Waals surface area contributed by atoms with Gasteiger partial charge in [0.1, 0.15) is 0 Å². The summed E-state index contributed by atoms with van der Waals surface area (Å²) in [7, 11) is -0.222. The van der Waals surface area contributed by atoms with Gasteiger partial charge >= 0.3 is 0 Å². The van der Waals surface area contributed by atoms with Gasteiger partial charge in [-0.05, 0) is 31.2 Å². The molecular weight excluding hydrogens is 330 g/mol. The zero-order valence-corrected chi connectivity index (χ0v) is 15.0. The third kappa shape index (κ3) is 3.72. The number of nitrogens with zero attached hydrogens (tertiary/aromatic N) is 3. The fourth-order valence-corrected chi connectivity index (χ4v) is 4.61. The molecule has 3 rings (SSSR count). The topological polar surface area (TPSA) is 72.0 Å². The Morgan fingerprint density at radius 3 is 2.88 bits per heavy atom. The molecule has 134 valence electrons. The average Bonchev–Trinajstić information content (AvgIpc) is 2.53. The molecule has 0 bridgehead atoms. The molecule has 0 radical (unpaired) electrons. The maximum absolute atomic E-state index is 12.1. The van der Waals surface area contributed by atoms with Crippen LogP contribution in [-0.2, 0) is 14.9 Å². The van der Waals surface area contributed by atoms with Crippen molar-refractivity contribution in [2.24, 2.45) is 5.92 Å². The number of rotatable bonds is 6. The van der Waals surface area contributed by atoms with E-state index in [1.165, 1.54) is 8.61 Å². The molecule has 0 unspecified atom stereocenters. The van der Waals surface area contributed by atoms with E-state index in [-0.39, 0.29) is 5.60 Å². The van der Waals surface area contributed by atoms with Crippen LogP contribution in [0.1, 0.15) is 19.3 Å². The summed E-state index contributed by atoms with van der Waals surface area (Å²) in [6.45, 7) is 2.21. The van der Waals surface area contributed by atoms with Crippen molar-refractivity contribution in [1.82, 2.24) is 13.6 Å². The molecule has 2 aliphatic rings. The van der Waals surface area contributed by atoms with Crippen LogP contribution in [0.3, 0.4) is 0 Å². The van der Waals surface area contributed by atoms with Crippen molar-refractivity contribution in [3.8, 4) is 5.88 Å². The summed E-state index contributed by atoms with van der Waals surface area (Å²) in [5, 5.41) is 0. The molecule has 3 heterocycles. The van der Waals surface area contributed by atoms with E-state index in [2.05, 4.69) is 4.98 Å². The second-order valence-corrected chi connectivity index (χ2v) is 8.90. The van der Waals surface area contributed by atoms with Crippen molar-refractivity contribution < 1.29 is 17.9 Å².